The monoisotopic (exact) mass is 264 g/mol. The van der Waals surface area contributed by atoms with Gasteiger partial charge >= 0.3 is 0 Å². The summed E-state index contributed by atoms with van der Waals surface area (Å²) in [5.74, 6) is 0. The summed E-state index contributed by atoms with van der Waals surface area (Å²) in [5, 5.41) is 5.15. The molecule has 0 saturated heterocycles. The Morgan fingerprint density at radius 1 is 1.00 bits per heavy atom. The van der Waals surface area contributed by atoms with Crippen molar-refractivity contribution >= 4 is 56.3 Å². The van der Waals surface area contributed by atoms with Gasteiger partial charge in [-0.1, -0.05) is 35.4 Å². The topological polar surface area (TPSA) is 24.7 Å². The van der Waals surface area contributed by atoms with Crippen molar-refractivity contribution < 1.29 is 0 Å². The maximum absolute atomic E-state index is 4.56. The van der Waals surface area contributed by atoms with Gasteiger partial charge in [0.25, 0.3) is 0 Å². The molecule has 0 aliphatic rings. The van der Waals surface area contributed by atoms with E-state index in [1.165, 1.54) is 0 Å². The van der Waals surface area contributed by atoms with Crippen LogP contribution in [0.4, 0.5) is 0 Å². The van der Waals surface area contributed by atoms with E-state index in [0.29, 0.717) is 0 Å². The van der Waals surface area contributed by atoms with E-state index in [2.05, 4.69) is 58.6 Å². The Bertz CT molecular complexity index is 218. The van der Waals surface area contributed by atoms with Crippen molar-refractivity contribution in [2.24, 2.45) is 9.98 Å². The van der Waals surface area contributed by atoms with Crippen LogP contribution in [-0.2, 0) is 0 Å². The molecule has 6 heteroatoms. The van der Waals surface area contributed by atoms with Crippen LogP contribution < -0.4 is 0 Å². The van der Waals surface area contributed by atoms with Gasteiger partial charge < -0.3 is 0 Å². The van der Waals surface area contributed by atoms with Gasteiger partial charge in [0, 0.05) is 0 Å². The Hall–Kier alpha value is 0.300. The summed E-state index contributed by atoms with van der Waals surface area (Å²) in [7, 11) is 3.32. The summed E-state index contributed by atoms with van der Waals surface area (Å²) in [6.07, 6.45) is 1.89. The predicted molar refractivity (Wildman–Crippen MR) is 73.4 cm³/mol. The standard InChI is InChI=1S/C8H12N2S4/c1-3-7(9-5-11)13-14-8(4-2)10-6-12/h7-8H,3-4H2,1-2H3. The first-order chi connectivity index (χ1) is 6.78. The lowest BCUT2D eigenvalue weighted by molar-refractivity contribution is 0.874. The van der Waals surface area contributed by atoms with Crippen molar-refractivity contribution in [2.45, 2.75) is 37.4 Å². The summed E-state index contributed by atoms with van der Waals surface area (Å²) >= 11 is 9.12. The normalized spacial score (nSPS) is 13.6. The van der Waals surface area contributed by atoms with Crippen molar-refractivity contribution in [3.05, 3.63) is 0 Å². The number of aliphatic imine (C=N–C) groups is 2. The lowest BCUT2D eigenvalue weighted by atomic mass is 10.5. The van der Waals surface area contributed by atoms with Gasteiger partial charge in [-0.05, 0) is 37.3 Å². The van der Waals surface area contributed by atoms with Crippen LogP contribution in [0.2, 0.25) is 0 Å². The number of isothiocyanates is 2. The molecule has 0 amide bonds. The van der Waals surface area contributed by atoms with Gasteiger partial charge in [0.15, 0.2) is 0 Å². The average molecular weight is 264 g/mol. The van der Waals surface area contributed by atoms with Crippen LogP contribution in [0.3, 0.4) is 0 Å². The Kier molecular flexibility index (Phi) is 10.1. The molecule has 0 saturated carbocycles. The van der Waals surface area contributed by atoms with Crippen LogP contribution >= 0.6 is 46.0 Å². The van der Waals surface area contributed by atoms with Crippen LogP contribution in [-0.4, -0.2) is 21.1 Å². The van der Waals surface area contributed by atoms with E-state index >= 15 is 0 Å². The minimum atomic E-state index is 0.173. The second-order valence-corrected chi connectivity index (χ2v) is 5.35. The zero-order chi connectivity index (χ0) is 10.8. The zero-order valence-electron chi connectivity index (χ0n) is 8.10. The number of rotatable bonds is 7. The minimum absolute atomic E-state index is 0.173. The van der Waals surface area contributed by atoms with Crippen LogP contribution in [0, 0.1) is 0 Å². The molecule has 0 radical (unpaired) electrons. The minimum Gasteiger partial charge on any atom is -0.217 e. The molecule has 78 valence electrons. The fraction of sp³-hybridized carbons (Fsp3) is 0.750. The van der Waals surface area contributed by atoms with E-state index in [0.717, 1.165) is 12.8 Å². The first kappa shape index (κ1) is 14.3. The largest absolute Gasteiger partial charge is 0.217 e. The molecule has 2 atom stereocenters. The zero-order valence-corrected chi connectivity index (χ0v) is 11.4. The molecular weight excluding hydrogens is 252 g/mol. The lowest BCUT2D eigenvalue weighted by Gasteiger charge is -2.10. The number of nitrogens with zero attached hydrogens (tertiary/aromatic N) is 2. The second kappa shape index (κ2) is 9.84. The van der Waals surface area contributed by atoms with Gasteiger partial charge in [-0.2, -0.15) is 0 Å². The van der Waals surface area contributed by atoms with Gasteiger partial charge in [-0.3, -0.25) is 0 Å². The Morgan fingerprint density at radius 2 is 1.36 bits per heavy atom. The molecule has 0 aliphatic carbocycles. The van der Waals surface area contributed by atoms with Gasteiger partial charge in [0.1, 0.15) is 10.7 Å². The van der Waals surface area contributed by atoms with Crippen LogP contribution in [0.1, 0.15) is 26.7 Å². The van der Waals surface area contributed by atoms with Gasteiger partial charge in [0.2, 0.25) is 0 Å². The van der Waals surface area contributed by atoms with E-state index in [1.807, 2.05) is 0 Å². The van der Waals surface area contributed by atoms with Crippen molar-refractivity contribution in [1.29, 1.82) is 0 Å². The molecule has 0 spiro atoms. The Balaban J connectivity index is 3.98. The Labute approximate surface area is 103 Å². The smallest absolute Gasteiger partial charge is 0.115 e. The van der Waals surface area contributed by atoms with Crippen molar-refractivity contribution in [3.8, 4) is 0 Å². The quantitative estimate of drug-likeness (QED) is 0.393. The second-order valence-electron chi connectivity index (χ2n) is 2.36. The van der Waals surface area contributed by atoms with E-state index < -0.39 is 0 Å². The highest BCUT2D eigenvalue weighted by molar-refractivity contribution is 8.77. The molecule has 2 unspecified atom stereocenters. The molecular formula is C8H12N2S4. The van der Waals surface area contributed by atoms with Crippen molar-refractivity contribution in [2.75, 3.05) is 0 Å². The molecule has 0 N–H and O–H groups in total. The number of hydrogen-bond acceptors (Lipinski definition) is 6. The third kappa shape index (κ3) is 6.71. The van der Waals surface area contributed by atoms with Crippen LogP contribution in [0.25, 0.3) is 0 Å². The lowest BCUT2D eigenvalue weighted by Crippen LogP contribution is -1.97. The first-order valence-electron chi connectivity index (χ1n) is 4.24. The highest BCUT2D eigenvalue weighted by Gasteiger charge is 2.09. The molecule has 0 fully saturated rings. The van der Waals surface area contributed by atoms with E-state index in [1.54, 1.807) is 21.6 Å². The molecule has 0 bridgehead atoms. The Morgan fingerprint density at radius 3 is 1.57 bits per heavy atom. The number of thiocarbonyl (C=S) groups is 2. The molecule has 14 heavy (non-hydrogen) atoms. The summed E-state index contributed by atoms with van der Waals surface area (Å²) in [6.45, 7) is 4.13. The van der Waals surface area contributed by atoms with Crippen molar-refractivity contribution in [1.82, 2.24) is 0 Å². The maximum atomic E-state index is 4.56. The SMILES string of the molecule is CCC(N=C=S)SSC(CC)N=C=S. The molecule has 0 aromatic heterocycles. The fourth-order valence-electron chi connectivity index (χ4n) is 0.608. The van der Waals surface area contributed by atoms with Gasteiger partial charge in [0.05, 0.1) is 10.3 Å². The fourth-order valence-corrected chi connectivity index (χ4v) is 3.56. The first-order valence-corrected chi connectivity index (χ1v) is 7.33. The molecule has 0 heterocycles. The predicted octanol–water partition coefficient (Wildman–Crippen LogP) is 4.05. The highest BCUT2D eigenvalue weighted by atomic mass is 33.1. The average Bonchev–Trinajstić information content (AvgIpc) is 2.22. The third-order valence-corrected chi connectivity index (χ3v) is 4.68. The van der Waals surface area contributed by atoms with Crippen molar-refractivity contribution in [3.63, 3.8) is 0 Å². The number of hydrogen-bond donors (Lipinski definition) is 0. The van der Waals surface area contributed by atoms with Crippen LogP contribution in [0.15, 0.2) is 9.98 Å². The third-order valence-electron chi connectivity index (χ3n) is 1.37. The molecule has 0 rings (SSSR count). The molecule has 0 aliphatic heterocycles. The maximum Gasteiger partial charge on any atom is 0.115 e. The van der Waals surface area contributed by atoms with E-state index in [-0.39, 0.29) is 10.7 Å². The molecule has 0 aromatic carbocycles. The molecule has 2 nitrogen and oxygen atoms in total. The van der Waals surface area contributed by atoms with Gasteiger partial charge in [-0.15, -0.1) is 0 Å². The summed E-state index contributed by atoms with van der Waals surface area (Å²) in [6, 6.07) is 0. The molecule has 0 aromatic rings. The summed E-state index contributed by atoms with van der Waals surface area (Å²) in [5.41, 5.74) is 0. The van der Waals surface area contributed by atoms with E-state index in [9.17, 15) is 0 Å². The van der Waals surface area contributed by atoms with E-state index in [4.69, 9.17) is 0 Å². The highest BCUT2D eigenvalue weighted by Crippen LogP contribution is 2.34. The van der Waals surface area contributed by atoms with Crippen LogP contribution in [0.5, 0.6) is 0 Å². The summed E-state index contributed by atoms with van der Waals surface area (Å²) < 4.78 is 0. The summed E-state index contributed by atoms with van der Waals surface area (Å²) in [4.78, 5) is 8.06. The van der Waals surface area contributed by atoms with Gasteiger partial charge in [-0.25, -0.2) is 9.98 Å².